The number of aryl methyl sites for hydroxylation is 2. The van der Waals surface area contributed by atoms with Crippen molar-refractivity contribution in [3.8, 4) is 0 Å². The van der Waals surface area contributed by atoms with Gasteiger partial charge in [-0.15, -0.1) is 0 Å². The van der Waals surface area contributed by atoms with Crippen molar-refractivity contribution in [2.45, 2.75) is 39.2 Å². The zero-order chi connectivity index (χ0) is 18.5. The number of nitrogens with zero attached hydrogens (tertiary/aromatic N) is 3. The summed E-state index contributed by atoms with van der Waals surface area (Å²) in [6.07, 6.45) is 4.31. The van der Waals surface area contributed by atoms with E-state index in [2.05, 4.69) is 20.4 Å². The number of hydrogen-bond donors (Lipinski definition) is 1. The first kappa shape index (κ1) is 18.4. The van der Waals surface area contributed by atoms with Gasteiger partial charge in [-0.1, -0.05) is 5.16 Å². The quantitative estimate of drug-likeness (QED) is 0.765. The van der Waals surface area contributed by atoms with Gasteiger partial charge in [-0.05, 0) is 45.2 Å². The van der Waals surface area contributed by atoms with E-state index in [1.807, 2.05) is 33.0 Å². The molecule has 0 aliphatic carbocycles. The van der Waals surface area contributed by atoms with Gasteiger partial charge in [0, 0.05) is 32.0 Å². The number of ether oxygens (including phenoxy) is 1. The van der Waals surface area contributed by atoms with Gasteiger partial charge in [-0.2, -0.15) is 0 Å². The molecule has 0 unspecified atom stereocenters. The molecule has 0 bridgehead atoms. The lowest BCUT2D eigenvalue weighted by molar-refractivity contribution is 0.0953. The van der Waals surface area contributed by atoms with Crippen LogP contribution in [0.15, 0.2) is 22.9 Å². The van der Waals surface area contributed by atoms with Crippen LogP contribution < -0.4 is 10.2 Å². The van der Waals surface area contributed by atoms with Gasteiger partial charge in [-0.3, -0.25) is 4.79 Å². The van der Waals surface area contributed by atoms with Crippen LogP contribution in [-0.4, -0.2) is 48.9 Å². The molecule has 3 heterocycles. The van der Waals surface area contributed by atoms with E-state index >= 15 is 0 Å². The highest BCUT2D eigenvalue weighted by atomic mass is 16.5. The number of rotatable bonds is 7. The molecule has 2 aromatic rings. The van der Waals surface area contributed by atoms with Crippen LogP contribution >= 0.6 is 0 Å². The van der Waals surface area contributed by atoms with Gasteiger partial charge in [0.2, 0.25) is 0 Å². The van der Waals surface area contributed by atoms with Gasteiger partial charge in [0.05, 0.1) is 23.9 Å². The smallest absolute Gasteiger partial charge is 0.252 e. The van der Waals surface area contributed by atoms with E-state index in [0.29, 0.717) is 18.2 Å². The number of pyridine rings is 1. The van der Waals surface area contributed by atoms with Gasteiger partial charge in [-0.25, -0.2) is 4.98 Å². The van der Waals surface area contributed by atoms with E-state index in [1.165, 1.54) is 0 Å². The molecule has 26 heavy (non-hydrogen) atoms. The zero-order valence-electron chi connectivity index (χ0n) is 15.6. The van der Waals surface area contributed by atoms with E-state index in [0.717, 1.165) is 55.3 Å². The minimum absolute atomic E-state index is 0.102. The fourth-order valence-electron chi connectivity index (χ4n) is 3.17. The molecule has 1 amide bonds. The molecule has 0 saturated carbocycles. The number of anilines is 1. The Bertz CT molecular complexity index is 716. The van der Waals surface area contributed by atoms with Crippen LogP contribution in [0.2, 0.25) is 0 Å². The Hall–Kier alpha value is -2.41. The number of carbonyl (C=O) groups excluding carboxylic acids is 1. The average molecular weight is 358 g/mol. The third-order valence-electron chi connectivity index (χ3n) is 4.90. The van der Waals surface area contributed by atoms with Crippen LogP contribution in [-0.2, 0) is 11.2 Å². The molecule has 1 aliphatic heterocycles. The van der Waals surface area contributed by atoms with Gasteiger partial charge in [0.15, 0.2) is 0 Å². The summed E-state index contributed by atoms with van der Waals surface area (Å²) in [5.74, 6) is 1.61. The standard InChI is InChI=1S/C19H26N4O3/c1-13-17(14(2)26-22-13)5-4-9-20-19(24)15-6-7-18(21-11-15)23(3)16-8-10-25-12-16/h6-7,11,16H,4-5,8-10,12H2,1-3H3,(H,20,24)/t16-/m1/s1. The Balaban J connectivity index is 1.47. The third kappa shape index (κ3) is 4.22. The fourth-order valence-corrected chi connectivity index (χ4v) is 3.17. The summed E-state index contributed by atoms with van der Waals surface area (Å²) >= 11 is 0. The van der Waals surface area contributed by atoms with Crippen LogP contribution in [0.1, 0.15) is 40.2 Å². The van der Waals surface area contributed by atoms with Crippen LogP contribution in [0, 0.1) is 13.8 Å². The molecule has 0 radical (unpaired) electrons. The number of nitrogens with one attached hydrogen (secondary N) is 1. The van der Waals surface area contributed by atoms with E-state index in [4.69, 9.17) is 9.26 Å². The predicted octanol–water partition coefficient (Wildman–Crippen LogP) is 2.27. The summed E-state index contributed by atoms with van der Waals surface area (Å²) in [5.41, 5.74) is 2.62. The molecule has 7 heteroatoms. The molecule has 1 aliphatic rings. The van der Waals surface area contributed by atoms with Crippen molar-refractivity contribution in [2.24, 2.45) is 0 Å². The minimum atomic E-state index is -0.102. The maximum absolute atomic E-state index is 12.3. The van der Waals surface area contributed by atoms with Crippen LogP contribution in [0.25, 0.3) is 0 Å². The van der Waals surface area contributed by atoms with E-state index < -0.39 is 0 Å². The Morgan fingerprint density at radius 1 is 1.38 bits per heavy atom. The van der Waals surface area contributed by atoms with E-state index in [-0.39, 0.29) is 5.91 Å². The highest BCUT2D eigenvalue weighted by Crippen LogP contribution is 2.18. The Morgan fingerprint density at radius 2 is 2.23 bits per heavy atom. The molecule has 140 valence electrons. The number of amides is 1. The molecule has 0 spiro atoms. The number of likely N-dealkylation sites (N-methyl/N-ethyl adjacent to an activating group) is 1. The predicted molar refractivity (Wildman–Crippen MR) is 98.5 cm³/mol. The number of aromatic nitrogens is 2. The summed E-state index contributed by atoms with van der Waals surface area (Å²) in [4.78, 5) is 18.8. The fraction of sp³-hybridized carbons (Fsp3) is 0.526. The second-order valence-corrected chi connectivity index (χ2v) is 6.70. The van der Waals surface area contributed by atoms with Crippen molar-refractivity contribution in [2.75, 3.05) is 31.7 Å². The summed E-state index contributed by atoms with van der Waals surface area (Å²) < 4.78 is 10.6. The average Bonchev–Trinajstić information content (AvgIpc) is 3.29. The van der Waals surface area contributed by atoms with Crippen molar-refractivity contribution in [3.05, 3.63) is 40.9 Å². The highest BCUT2D eigenvalue weighted by molar-refractivity contribution is 5.94. The molecular formula is C19H26N4O3. The molecule has 2 aromatic heterocycles. The first-order valence-electron chi connectivity index (χ1n) is 9.03. The maximum Gasteiger partial charge on any atom is 0.252 e. The highest BCUT2D eigenvalue weighted by Gasteiger charge is 2.21. The van der Waals surface area contributed by atoms with Crippen molar-refractivity contribution >= 4 is 11.7 Å². The second-order valence-electron chi connectivity index (χ2n) is 6.70. The molecule has 1 saturated heterocycles. The monoisotopic (exact) mass is 358 g/mol. The molecule has 1 atom stereocenters. The topological polar surface area (TPSA) is 80.5 Å². The summed E-state index contributed by atoms with van der Waals surface area (Å²) in [6.45, 7) is 5.97. The van der Waals surface area contributed by atoms with Crippen LogP contribution in [0.4, 0.5) is 5.82 Å². The zero-order valence-corrected chi connectivity index (χ0v) is 15.6. The van der Waals surface area contributed by atoms with Crippen LogP contribution in [0.5, 0.6) is 0 Å². The lowest BCUT2D eigenvalue weighted by Crippen LogP contribution is -2.32. The molecular weight excluding hydrogens is 332 g/mol. The molecule has 3 rings (SSSR count). The maximum atomic E-state index is 12.3. The second kappa shape index (κ2) is 8.31. The normalized spacial score (nSPS) is 16.7. The Labute approximate surface area is 153 Å². The van der Waals surface area contributed by atoms with Crippen molar-refractivity contribution in [3.63, 3.8) is 0 Å². The summed E-state index contributed by atoms with van der Waals surface area (Å²) in [6, 6.07) is 4.06. The first-order valence-corrected chi connectivity index (χ1v) is 9.03. The van der Waals surface area contributed by atoms with E-state index in [1.54, 1.807) is 6.20 Å². The Morgan fingerprint density at radius 3 is 2.85 bits per heavy atom. The van der Waals surface area contributed by atoms with Crippen molar-refractivity contribution in [1.82, 2.24) is 15.5 Å². The van der Waals surface area contributed by atoms with Crippen molar-refractivity contribution in [1.29, 1.82) is 0 Å². The number of hydrogen-bond acceptors (Lipinski definition) is 6. The molecule has 1 fully saturated rings. The molecule has 0 aromatic carbocycles. The van der Waals surface area contributed by atoms with E-state index in [9.17, 15) is 4.79 Å². The molecule has 7 nitrogen and oxygen atoms in total. The van der Waals surface area contributed by atoms with Gasteiger partial charge in [0.25, 0.3) is 5.91 Å². The SMILES string of the molecule is Cc1noc(C)c1CCCNC(=O)c1ccc(N(C)[C@@H]2CCOC2)nc1. The minimum Gasteiger partial charge on any atom is -0.379 e. The largest absolute Gasteiger partial charge is 0.379 e. The molecule has 1 N–H and O–H groups in total. The first-order chi connectivity index (χ1) is 12.6. The van der Waals surface area contributed by atoms with Gasteiger partial charge in [0.1, 0.15) is 11.6 Å². The Kier molecular flexibility index (Phi) is 5.88. The summed E-state index contributed by atoms with van der Waals surface area (Å²) in [7, 11) is 2.01. The number of carbonyl (C=O) groups is 1. The third-order valence-corrected chi connectivity index (χ3v) is 4.90. The van der Waals surface area contributed by atoms with Crippen molar-refractivity contribution < 1.29 is 14.1 Å². The lowest BCUT2D eigenvalue weighted by Gasteiger charge is -2.24. The van der Waals surface area contributed by atoms with Gasteiger partial charge >= 0.3 is 0 Å². The summed E-state index contributed by atoms with van der Waals surface area (Å²) in [5, 5.41) is 6.89. The van der Waals surface area contributed by atoms with Gasteiger partial charge < -0.3 is 19.5 Å². The lowest BCUT2D eigenvalue weighted by atomic mass is 10.1. The van der Waals surface area contributed by atoms with Crippen LogP contribution in [0.3, 0.4) is 0 Å².